The van der Waals surface area contributed by atoms with Gasteiger partial charge in [-0.1, -0.05) is 17.7 Å². The van der Waals surface area contributed by atoms with Crippen molar-refractivity contribution in [3.8, 4) is 0 Å². The molecule has 0 unspecified atom stereocenters. The molecule has 24 heavy (non-hydrogen) atoms. The standard InChI is InChI=1S/C17H19ClN4O2/c1-12-4-5-13(18)9-15(12)22-17(24)10-16(23)21-8-7-20-14-3-2-6-19-11-14/h2-6,9,11,20H,7-8,10H2,1H3,(H,21,23)(H,22,24). The number of carbonyl (C=O) groups excluding carboxylic acids is 2. The molecule has 0 atom stereocenters. The highest BCUT2D eigenvalue weighted by Gasteiger charge is 2.10. The number of aryl methyl sites for hydroxylation is 1. The van der Waals surface area contributed by atoms with Crippen LogP contribution in [0.25, 0.3) is 0 Å². The first-order valence-electron chi connectivity index (χ1n) is 7.51. The van der Waals surface area contributed by atoms with Crippen LogP contribution in [0.2, 0.25) is 5.02 Å². The molecular weight excluding hydrogens is 328 g/mol. The molecule has 1 heterocycles. The third-order valence-electron chi connectivity index (χ3n) is 3.23. The number of amides is 2. The predicted molar refractivity (Wildman–Crippen MR) is 95.2 cm³/mol. The average molecular weight is 347 g/mol. The molecule has 7 heteroatoms. The molecular formula is C17H19ClN4O2. The molecule has 0 bridgehead atoms. The second-order valence-electron chi connectivity index (χ2n) is 5.20. The van der Waals surface area contributed by atoms with Crippen molar-refractivity contribution in [1.29, 1.82) is 0 Å². The van der Waals surface area contributed by atoms with Crippen LogP contribution in [0.5, 0.6) is 0 Å². The van der Waals surface area contributed by atoms with E-state index in [0.717, 1.165) is 11.3 Å². The second kappa shape index (κ2) is 8.88. The fraction of sp³-hybridized carbons (Fsp3) is 0.235. The number of anilines is 2. The number of halogens is 1. The molecule has 0 fully saturated rings. The van der Waals surface area contributed by atoms with Gasteiger partial charge in [0.15, 0.2) is 0 Å². The summed E-state index contributed by atoms with van der Waals surface area (Å²) in [5.74, 6) is -0.710. The molecule has 3 N–H and O–H groups in total. The Morgan fingerprint density at radius 1 is 1.17 bits per heavy atom. The number of carbonyl (C=O) groups is 2. The Kier molecular flexibility index (Phi) is 6.57. The van der Waals surface area contributed by atoms with E-state index in [9.17, 15) is 9.59 Å². The quantitative estimate of drug-likeness (QED) is 0.531. The normalized spacial score (nSPS) is 10.1. The van der Waals surface area contributed by atoms with Gasteiger partial charge >= 0.3 is 0 Å². The lowest BCUT2D eigenvalue weighted by molar-refractivity contribution is -0.126. The van der Waals surface area contributed by atoms with Gasteiger partial charge in [-0.05, 0) is 36.8 Å². The number of nitrogens with one attached hydrogen (secondary N) is 3. The maximum Gasteiger partial charge on any atom is 0.233 e. The third-order valence-corrected chi connectivity index (χ3v) is 3.47. The van der Waals surface area contributed by atoms with E-state index in [1.807, 2.05) is 25.1 Å². The number of hydrogen-bond acceptors (Lipinski definition) is 4. The number of nitrogens with zero attached hydrogens (tertiary/aromatic N) is 1. The van der Waals surface area contributed by atoms with Crippen LogP contribution in [-0.4, -0.2) is 29.9 Å². The Labute approximate surface area is 145 Å². The summed E-state index contributed by atoms with van der Waals surface area (Å²) >= 11 is 5.90. The van der Waals surface area contributed by atoms with Crippen LogP contribution in [0.1, 0.15) is 12.0 Å². The average Bonchev–Trinajstić information content (AvgIpc) is 2.56. The van der Waals surface area contributed by atoms with Crippen LogP contribution in [0, 0.1) is 6.92 Å². The highest BCUT2D eigenvalue weighted by molar-refractivity contribution is 6.31. The Bertz CT molecular complexity index is 707. The van der Waals surface area contributed by atoms with Gasteiger partial charge in [-0.15, -0.1) is 0 Å². The maximum atomic E-state index is 11.9. The Balaban J connectivity index is 1.70. The minimum absolute atomic E-state index is 0.237. The number of hydrogen-bond donors (Lipinski definition) is 3. The lowest BCUT2D eigenvalue weighted by Crippen LogP contribution is -2.31. The summed E-state index contributed by atoms with van der Waals surface area (Å²) in [6, 6.07) is 8.92. The van der Waals surface area contributed by atoms with Gasteiger partial charge in [-0.3, -0.25) is 14.6 Å². The summed E-state index contributed by atoms with van der Waals surface area (Å²) < 4.78 is 0. The molecule has 0 aliphatic carbocycles. The first kappa shape index (κ1) is 17.7. The topological polar surface area (TPSA) is 83.1 Å². The molecule has 0 spiro atoms. The molecule has 1 aromatic heterocycles. The molecule has 126 valence electrons. The summed E-state index contributed by atoms with van der Waals surface area (Å²) in [6.07, 6.45) is 3.15. The van der Waals surface area contributed by atoms with E-state index in [4.69, 9.17) is 11.6 Å². The molecule has 0 radical (unpaired) electrons. The van der Waals surface area contributed by atoms with Crippen molar-refractivity contribution in [2.45, 2.75) is 13.3 Å². The van der Waals surface area contributed by atoms with Crippen molar-refractivity contribution in [2.75, 3.05) is 23.7 Å². The van der Waals surface area contributed by atoms with Crippen molar-refractivity contribution >= 4 is 34.8 Å². The number of aromatic nitrogens is 1. The molecule has 2 amide bonds. The fourth-order valence-electron chi connectivity index (χ4n) is 2.01. The van der Waals surface area contributed by atoms with E-state index in [0.29, 0.717) is 23.8 Å². The zero-order valence-electron chi connectivity index (χ0n) is 13.3. The van der Waals surface area contributed by atoms with Crippen molar-refractivity contribution < 1.29 is 9.59 Å². The van der Waals surface area contributed by atoms with Gasteiger partial charge < -0.3 is 16.0 Å². The van der Waals surface area contributed by atoms with Gasteiger partial charge in [0, 0.05) is 36.2 Å². The van der Waals surface area contributed by atoms with Crippen molar-refractivity contribution in [3.63, 3.8) is 0 Å². The van der Waals surface area contributed by atoms with Gasteiger partial charge in [0.1, 0.15) is 6.42 Å². The van der Waals surface area contributed by atoms with Crippen LogP contribution >= 0.6 is 11.6 Å². The highest BCUT2D eigenvalue weighted by Crippen LogP contribution is 2.20. The molecule has 0 aliphatic heterocycles. The summed E-state index contributed by atoms with van der Waals surface area (Å²) in [7, 11) is 0. The third kappa shape index (κ3) is 5.89. The van der Waals surface area contributed by atoms with Crippen molar-refractivity contribution in [3.05, 3.63) is 53.3 Å². The van der Waals surface area contributed by atoms with Gasteiger partial charge in [0.25, 0.3) is 0 Å². The second-order valence-corrected chi connectivity index (χ2v) is 5.64. The SMILES string of the molecule is Cc1ccc(Cl)cc1NC(=O)CC(=O)NCCNc1cccnc1. The Morgan fingerprint density at radius 2 is 2.00 bits per heavy atom. The van der Waals surface area contributed by atoms with Crippen LogP contribution in [-0.2, 0) is 9.59 Å². The monoisotopic (exact) mass is 346 g/mol. The Hall–Kier alpha value is -2.60. The number of pyridine rings is 1. The zero-order valence-corrected chi connectivity index (χ0v) is 14.1. The molecule has 1 aromatic carbocycles. The van der Waals surface area contributed by atoms with E-state index in [-0.39, 0.29) is 18.2 Å². The van der Waals surface area contributed by atoms with E-state index >= 15 is 0 Å². The van der Waals surface area contributed by atoms with Crippen LogP contribution in [0.15, 0.2) is 42.7 Å². The number of rotatable bonds is 7. The molecule has 6 nitrogen and oxygen atoms in total. The summed E-state index contributed by atoms with van der Waals surface area (Å²) in [6.45, 7) is 2.82. The first-order valence-corrected chi connectivity index (χ1v) is 7.89. The summed E-state index contributed by atoms with van der Waals surface area (Å²) in [5, 5.41) is 9.02. The molecule has 2 aromatic rings. The molecule has 0 saturated heterocycles. The first-order chi connectivity index (χ1) is 11.5. The summed E-state index contributed by atoms with van der Waals surface area (Å²) in [4.78, 5) is 27.6. The van der Waals surface area contributed by atoms with E-state index < -0.39 is 0 Å². The van der Waals surface area contributed by atoms with Crippen molar-refractivity contribution in [2.24, 2.45) is 0 Å². The van der Waals surface area contributed by atoms with E-state index in [1.54, 1.807) is 24.5 Å². The fourth-order valence-corrected chi connectivity index (χ4v) is 2.18. The lowest BCUT2D eigenvalue weighted by Gasteiger charge is -2.10. The smallest absolute Gasteiger partial charge is 0.233 e. The molecule has 0 aliphatic rings. The minimum Gasteiger partial charge on any atom is -0.382 e. The van der Waals surface area contributed by atoms with Gasteiger partial charge in [0.2, 0.25) is 11.8 Å². The van der Waals surface area contributed by atoms with Crippen LogP contribution in [0.4, 0.5) is 11.4 Å². The van der Waals surface area contributed by atoms with Gasteiger partial charge in [0.05, 0.1) is 5.69 Å². The predicted octanol–water partition coefficient (Wildman–Crippen LogP) is 2.60. The lowest BCUT2D eigenvalue weighted by atomic mass is 10.2. The maximum absolute atomic E-state index is 11.9. The molecule has 2 rings (SSSR count). The van der Waals surface area contributed by atoms with Gasteiger partial charge in [-0.25, -0.2) is 0 Å². The minimum atomic E-state index is -0.377. The summed E-state index contributed by atoms with van der Waals surface area (Å²) in [5.41, 5.74) is 2.37. The van der Waals surface area contributed by atoms with Crippen LogP contribution < -0.4 is 16.0 Å². The molecule has 0 saturated carbocycles. The van der Waals surface area contributed by atoms with Crippen LogP contribution in [0.3, 0.4) is 0 Å². The van der Waals surface area contributed by atoms with Crippen molar-refractivity contribution in [1.82, 2.24) is 10.3 Å². The zero-order chi connectivity index (χ0) is 17.4. The highest BCUT2D eigenvalue weighted by atomic mass is 35.5. The Morgan fingerprint density at radius 3 is 2.75 bits per heavy atom. The van der Waals surface area contributed by atoms with E-state index in [2.05, 4.69) is 20.9 Å². The largest absolute Gasteiger partial charge is 0.382 e. The number of benzene rings is 1. The van der Waals surface area contributed by atoms with Gasteiger partial charge in [-0.2, -0.15) is 0 Å². The van der Waals surface area contributed by atoms with E-state index in [1.165, 1.54) is 0 Å².